The molecule has 1 fully saturated rings. The minimum atomic E-state index is 0.0550. The molecule has 0 aromatic heterocycles. The van der Waals surface area contributed by atoms with Crippen LogP contribution in [0.5, 0.6) is 11.5 Å². The number of benzene rings is 1. The standard InChI is InChI=1S/C24H40O2/c1-23(2,3)13-9-6-5-7-11-19-17-20(22(26)21(25)18-19)12-8-10-14-24(4)15-16-24/h17-18,25-26H,5-16H2,1-4H3. The molecule has 0 heterocycles. The summed E-state index contributed by atoms with van der Waals surface area (Å²) in [7, 11) is 0. The van der Waals surface area contributed by atoms with Gasteiger partial charge in [0, 0.05) is 0 Å². The fourth-order valence-corrected chi connectivity index (χ4v) is 3.75. The Kier molecular flexibility index (Phi) is 7.43. The normalized spacial score (nSPS) is 16.0. The number of rotatable bonds is 11. The van der Waals surface area contributed by atoms with Gasteiger partial charge in [-0.05, 0) is 79.4 Å². The van der Waals surface area contributed by atoms with Crippen LogP contribution in [0, 0.1) is 10.8 Å². The number of phenolic OH excluding ortho intramolecular Hbond substituents is 2. The molecule has 0 unspecified atom stereocenters. The van der Waals surface area contributed by atoms with Gasteiger partial charge in [-0.3, -0.25) is 0 Å². The Bertz CT molecular complexity index is 564. The summed E-state index contributed by atoms with van der Waals surface area (Å²) in [5.41, 5.74) is 3.14. The van der Waals surface area contributed by atoms with Crippen LogP contribution in [-0.2, 0) is 12.8 Å². The number of hydrogen-bond donors (Lipinski definition) is 2. The first-order valence-corrected chi connectivity index (χ1v) is 10.7. The third-order valence-electron chi connectivity index (χ3n) is 5.95. The molecule has 1 aliphatic carbocycles. The molecule has 2 rings (SSSR count). The predicted octanol–water partition coefficient (Wildman–Crippen LogP) is 7.15. The summed E-state index contributed by atoms with van der Waals surface area (Å²) in [5, 5.41) is 20.2. The second-order valence-electron chi connectivity index (χ2n) is 10.1. The minimum absolute atomic E-state index is 0.0550. The van der Waals surface area contributed by atoms with Crippen molar-refractivity contribution in [2.24, 2.45) is 10.8 Å². The molecule has 0 spiro atoms. The SMILES string of the molecule is CC(C)(C)CCCCCCc1cc(O)c(O)c(CCCCC2(C)CC2)c1. The molecule has 0 saturated heterocycles. The van der Waals surface area contributed by atoms with Crippen molar-refractivity contribution >= 4 is 0 Å². The minimum Gasteiger partial charge on any atom is -0.504 e. The molecule has 0 bridgehead atoms. The first kappa shape index (κ1) is 21.1. The Balaban J connectivity index is 1.73. The van der Waals surface area contributed by atoms with E-state index in [4.69, 9.17) is 0 Å². The largest absolute Gasteiger partial charge is 0.504 e. The van der Waals surface area contributed by atoms with Gasteiger partial charge >= 0.3 is 0 Å². The molecule has 0 radical (unpaired) electrons. The molecule has 0 aliphatic heterocycles. The quantitative estimate of drug-likeness (QED) is 0.325. The molecule has 0 amide bonds. The highest BCUT2D eigenvalue weighted by atomic mass is 16.3. The molecule has 2 N–H and O–H groups in total. The van der Waals surface area contributed by atoms with Gasteiger partial charge in [-0.15, -0.1) is 0 Å². The Morgan fingerprint density at radius 1 is 0.885 bits per heavy atom. The Morgan fingerprint density at radius 2 is 1.54 bits per heavy atom. The van der Waals surface area contributed by atoms with Crippen molar-refractivity contribution < 1.29 is 10.2 Å². The molecule has 1 aromatic rings. The van der Waals surface area contributed by atoms with Crippen LogP contribution in [0.1, 0.15) is 103 Å². The summed E-state index contributed by atoms with van der Waals surface area (Å²) in [5.74, 6) is 0.149. The van der Waals surface area contributed by atoms with Crippen molar-refractivity contribution in [3.63, 3.8) is 0 Å². The van der Waals surface area contributed by atoms with Crippen molar-refractivity contribution in [2.75, 3.05) is 0 Å². The zero-order valence-corrected chi connectivity index (χ0v) is 17.5. The molecule has 2 nitrogen and oxygen atoms in total. The zero-order chi connectivity index (χ0) is 19.2. The highest BCUT2D eigenvalue weighted by Gasteiger charge is 2.35. The topological polar surface area (TPSA) is 40.5 Å². The Hall–Kier alpha value is -1.18. The van der Waals surface area contributed by atoms with Crippen LogP contribution in [0.3, 0.4) is 0 Å². The molecular formula is C24H40O2. The van der Waals surface area contributed by atoms with Gasteiger partial charge < -0.3 is 10.2 Å². The average molecular weight is 361 g/mol. The van der Waals surface area contributed by atoms with Crippen LogP contribution in [0.25, 0.3) is 0 Å². The summed E-state index contributed by atoms with van der Waals surface area (Å²) < 4.78 is 0. The molecular weight excluding hydrogens is 320 g/mol. The zero-order valence-electron chi connectivity index (χ0n) is 17.5. The van der Waals surface area contributed by atoms with Crippen LogP contribution < -0.4 is 0 Å². The summed E-state index contributed by atoms with van der Waals surface area (Å²) >= 11 is 0. The molecule has 26 heavy (non-hydrogen) atoms. The smallest absolute Gasteiger partial charge is 0.160 e. The van der Waals surface area contributed by atoms with E-state index in [1.54, 1.807) is 6.07 Å². The fourth-order valence-electron chi connectivity index (χ4n) is 3.75. The first-order chi connectivity index (χ1) is 12.2. The lowest BCUT2D eigenvalue weighted by Crippen LogP contribution is -2.03. The molecule has 1 aliphatic rings. The summed E-state index contributed by atoms with van der Waals surface area (Å²) in [6.45, 7) is 9.29. The van der Waals surface area contributed by atoms with E-state index in [2.05, 4.69) is 33.8 Å². The van der Waals surface area contributed by atoms with E-state index in [0.717, 1.165) is 31.2 Å². The van der Waals surface area contributed by atoms with E-state index < -0.39 is 0 Å². The van der Waals surface area contributed by atoms with Gasteiger partial charge in [-0.1, -0.05) is 59.4 Å². The lowest BCUT2D eigenvalue weighted by atomic mass is 9.89. The highest BCUT2D eigenvalue weighted by molar-refractivity contribution is 5.47. The molecule has 0 atom stereocenters. The number of aryl methyl sites for hydroxylation is 2. The maximum atomic E-state index is 10.2. The molecule has 148 valence electrons. The third kappa shape index (κ3) is 7.60. The fraction of sp³-hybridized carbons (Fsp3) is 0.750. The van der Waals surface area contributed by atoms with E-state index in [0.29, 0.717) is 10.8 Å². The number of phenols is 2. The van der Waals surface area contributed by atoms with Gasteiger partial charge in [0.25, 0.3) is 0 Å². The summed E-state index contributed by atoms with van der Waals surface area (Å²) in [4.78, 5) is 0. The van der Waals surface area contributed by atoms with Crippen LogP contribution in [0.15, 0.2) is 12.1 Å². The predicted molar refractivity (Wildman–Crippen MR) is 111 cm³/mol. The van der Waals surface area contributed by atoms with Crippen LogP contribution in [0.2, 0.25) is 0 Å². The number of aromatic hydroxyl groups is 2. The number of hydrogen-bond acceptors (Lipinski definition) is 2. The van der Waals surface area contributed by atoms with E-state index in [9.17, 15) is 10.2 Å². The molecule has 1 aromatic carbocycles. The van der Waals surface area contributed by atoms with Gasteiger partial charge in [-0.2, -0.15) is 0 Å². The van der Waals surface area contributed by atoms with Crippen molar-refractivity contribution in [3.05, 3.63) is 23.3 Å². The van der Waals surface area contributed by atoms with Crippen molar-refractivity contribution in [3.8, 4) is 11.5 Å². The second-order valence-corrected chi connectivity index (χ2v) is 10.1. The first-order valence-electron chi connectivity index (χ1n) is 10.7. The lowest BCUT2D eigenvalue weighted by molar-refractivity contribution is 0.357. The van der Waals surface area contributed by atoms with E-state index in [1.807, 2.05) is 0 Å². The Morgan fingerprint density at radius 3 is 2.19 bits per heavy atom. The summed E-state index contributed by atoms with van der Waals surface area (Å²) in [6.07, 6.45) is 14.5. The second kappa shape index (κ2) is 9.15. The van der Waals surface area contributed by atoms with Crippen molar-refractivity contribution in [2.45, 2.75) is 105 Å². The summed E-state index contributed by atoms with van der Waals surface area (Å²) in [6, 6.07) is 3.86. The van der Waals surface area contributed by atoms with Gasteiger partial charge in [0.15, 0.2) is 11.5 Å². The highest BCUT2D eigenvalue weighted by Crippen LogP contribution is 2.49. The molecule has 1 saturated carbocycles. The Labute approximate surface area is 161 Å². The monoisotopic (exact) mass is 360 g/mol. The van der Waals surface area contributed by atoms with Gasteiger partial charge in [-0.25, -0.2) is 0 Å². The van der Waals surface area contributed by atoms with Crippen LogP contribution in [-0.4, -0.2) is 10.2 Å². The van der Waals surface area contributed by atoms with Gasteiger partial charge in [0.2, 0.25) is 0 Å². The third-order valence-corrected chi connectivity index (χ3v) is 5.95. The lowest BCUT2D eigenvalue weighted by Gasteiger charge is -2.17. The van der Waals surface area contributed by atoms with Gasteiger partial charge in [0.1, 0.15) is 0 Å². The van der Waals surface area contributed by atoms with Crippen molar-refractivity contribution in [1.82, 2.24) is 0 Å². The van der Waals surface area contributed by atoms with E-state index in [1.165, 1.54) is 56.9 Å². The number of unbranched alkanes of at least 4 members (excludes halogenated alkanes) is 4. The van der Waals surface area contributed by atoms with Crippen LogP contribution in [0.4, 0.5) is 0 Å². The van der Waals surface area contributed by atoms with E-state index in [-0.39, 0.29) is 11.5 Å². The van der Waals surface area contributed by atoms with Gasteiger partial charge in [0.05, 0.1) is 0 Å². The maximum Gasteiger partial charge on any atom is 0.160 e. The maximum absolute atomic E-state index is 10.2. The average Bonchev–Trinajstić information content (AvgIpc) is 3.28. The molecule has 2 heteroatoms. The van der Waals surface area contributed by atoms with Crippen molar-refractivity contribution in [1.29, 1.82) is 0 Å². The van der Waals surface area contributed by atoms with Crippen LogP contribution >= 0.6 is 0 Å². The van der Waals surface area contributed by atoms with E-state index >= 15 is 0 Å².